The van der Waals surface area contributed by atoms with Crippen LogP contribution in [-0.2, 0) is 13.0 Å². The number of β-amino-alcohol motifs (C(OH)–C–C–N with tert-alkyl or cyclic N) is 1. The van der Waals surface area contributed by atoms with Gasteiger partial charge in [-0.2, -0.15) is 0 Å². The number of aliphatic hydroxyl groups is 1. The van der Waals surface area contributed by atoms with Gasteiger partial charge in [-0.25, -0.2) is 0 Å². The summed E-state index contributed by atoms with van der Waals surface area (Å²) in [7, 11) is 0. The first-order valence-corrected chi connectivity index (χ1v) is 7.77. The highest BCUT2D eigenvalue weighted by molar-refractivity contribution is 5.29. The largest absolute Gasteiger partial charge is 0.387 e. The molecule has 0 saturated heterocycles. The Morgan fingerprint density at radius 3 is 2.57 bits per heavy atom. The summed E-state index contributed by atoms with van der Waals surface area (Å²) in [5.41, 5.74) is 5.09. The molecule has 2 aromatic carbocycles. The normalized spacial score (nSPS) is 17.0. The zero-order chi connectivity index (χ0) is 14.7. The number of nitrogens with zero attached hydrogens (tertiary/aromatic N) is 1. The maximum Gasteiger partial charge on any atom is 0.0919 e. The number of aryl methyl sites for hydroxylation is 2. The van der Waals surface area contributed by atoms with Crippen molar-refractivity contribution in [3.05, 3.63) is 70.8 Å². The first kappa shape index (κ1) is 14.3. The molecule has 2 nitrogen and oxygen atoms in total. The highest BCUT2D eigenvalue weighted by Crippen LogP contribution is 2.22. The molecule has 0 amide bonds. The quantitative estimate of drug-likeness (QED) is 0.931. The molecular weight excluding hydrogens is 258 g/mol. The van der Waals surface area contributed by atoms with Crippen molar-refractivity contribution < 1.29 is 5.11 Å². The van der Waals surface area contributed by atoms with Crippen molar-refractivity contribution in [1.82, 2.24) is 4.90 Å². The maximum atomic E-state index is 10.6. The maximum absolute atomic E-state index is 10.6. The zero-order valence-corrected chi connectivity index (χ0v) is 12.6. The SMILES string of the molecule is Cc1ccccc1C(O)CN1CCCc2ccccc2C1. The van der Waals surface area contributed by atoms with Crippen molar-refractivity contribution in [3.8, 4) is 0 Å². The van der Waals surface area contributed by atoms with Crippen LogP contribution in [0.25, 0.3) is 0 Å². The molecule has 0 saturated carbocycles. The van der Waals surface area contributed by atoms with Crippen LogP contribution in [0.3, 0.4) is 0 Å². The van der Waals surface area contributed by atoms with E-state index in [9.17, 15) is 5.11 Å². The van der Waals surface area contributed by atoms with Crippen molar-refractivity contribution in [1.29, 1.82) is 0 Å². The van der Waals surface area contributed by atoms with Gasteiger partial charge in [0.15, 0.2) is 0 Å². The van der Waals surface area contributed by atoms with E-state index < -0.39 is 6.10 Å². The fraction of sp³-hybridized carbons (Fsp3) is 0.368. The minimum absolute atomic E-state index is 0.406. The molecule has 1 atom stereocenters. The topological polar surface area (TPSA) is 23.5 Å². The van der Waals surface area contributed by atoms with Crippen molar-refractivity contribution >= 4 is 0 Å². The van der Waals surface area contributed by atoms with Crippen LogP contribution < -0.4 is 0 Å². The second kappa shape index (κ2) is 6.42. The smallest absolute Gasteiger partial charge is 0.0919 e. The number of hydrogen-bond acceptors (Lipinski definition) is 2. The molecule has 0 aliphatic carbocycles. The number of benzene rings is 2. The van der Waals surface area contributed by atoms with Gasteiger partial charge >= 0.3 is 0 Å². The molecule has 0 radical (unpaired) electrons. The monoisotopic (exact) mass is 281 g/mol. The average molecular weight is 281 g/mol. The molecule has 110 valence electrons. The zero-order valence-electron chi connectivity index (χ0n) is 12.6. The Morgan fingerprint density at radius 2 is 1.76 bits per heavy atom. The Kier molecular flexibility index (Phi) is 4.37. The Bertz CT molecular complexity index is 608. The molecule has 0 fully saturated rings. The van der Waals surface area contributed by atoms with Crippen LogP contribution in [0.5, 0.6) is 0 Å². The lowest BCUT2D eigenvalue weighted by Crippen LogP contribution is -2.28. The molecule has 21 heavy (non-hydrogen) atoms. The highest BCUT2D eigenvalue weighted by Gasteiger charge is 2.18. The summed E-state index contributed by atoms with van der Waals surface area (Å²) in [6, 6.07) is 16.8. The Balaban J connectivity index is 1.72. The van der Waals surface area contributed by atoms with E-state index in [4.69, 9.17) is 0 Å². The summed E-state index contributed by atoms with van der Waals surface area (Å²) >= 11 is 0. The average Bonchev–Trinajstić information content (AvgIpc) is 2.69. The minimum Gasteiger partial charge on any atom is -0.387 e. The molecule has 2 heteroatoms. The minimum atomic E-state index is -0.406. The summed E-state index contributed by atoms with van der Waals surface area (Å²) in [5, 5.41) is 10.6. The lowest BCUT2D eigenvalue weighted by Gasteiger charge is -2.24. The summed E-state index contributed by atoms with van der Waals surface area (Å²) < 4.78 is 0. The summed E-state index contributed by atoms with van der Waals surface area (Å²) in [4.78, 5) is 2.38. The van der Waals surface area contributed by atoms with E-state index in [2.05, 4.69) is 42.2 Å². The Labute approximate surface area is 127 Å². The molecule has 0 aromatic heterocycles. The molecular formula is C19H23NO. The van der Waals surface area contributed by atoms with Gasteiger partial charge in [0.05, 0.1) is 6.10 Å². The van der Waals surface area contributed by atoms with Crippen LogP contribution in [0.1, 0.15) is 34.8 Å². The van der Waals surface area contributed by atoms with E-state index in [1.807, 2.05) is 18.2 Å². The molecule has 2 aromatic rings. The lowest BCUT2D eigenvalue weighted by atomic mass is 10.0. The van der Waals surface area contributed by atoms with Gasteiger partial charge in [0.2, 0.25) is 0 Å². The third-order valence-corrected chi connectivity index (χ3v) is 4.41. The third kappa shape index (κ3) is 3.34. The fourth-order valence-electron chi connectivity index (χ4n) is 3.23. The van der Waals surface area contributed by atoms with Crippen LogP contribution in [0.15, 0.2) is 48.5 Å². The first-order valence-electron chi connectivity index (χ1n) is 7.77. The molecule has 1 N–H and O–H groups in total. The van der Waals surface area contributed by atoms with E-state index in [-0.39, 0.29) is 0 Å². The Hall–Kier alpha value is -1.64. The van der Waals surface area contributed by atoms with Crippen LogP contribution in [-0.4, -0.2) is 23.1 Å². The standard InChI is InChI=1S/C19H23NO/c1-15-7-2-5-11-18(15)19(21)14-20-12-6-10-16-8-3-4-9-17(16)13-20/h2-5,7-9,11,19,21H,6,10,12-14H2,1H3. The molecule has 3 rings (SSSR count). The first-order chi connectivity index (χ1) is 10.2. The molecule has 1 aliphatic heterocycles. The predicted octanol–water partition coefficient (Wildman–Crippen LogP) is 3.48. The molecule has 1 heterocycles. The van der Waals surface area contributed by atoms with Crippen LogP contribution in [0.4, 0.5) is 0 Å². The van der Waals surface area contributed by atoms with Gasteiger partial charge in [0.25, 0.3) is 0 Å². The Morgan fingerprint density at radius 1 is 1.05 bits per heavy atom. The molecule has 1 aliphatic rings. The van der Waals surface area contributed by atoms with Gasteiger partial charge in [-0.15, -0.1) is 0 Å². The summed E-state index contributed by atoms with van der Waals surface area (Å²) in [5.74, 6) is 0. The van der Waals surface area contributed by atoms with Gasteiger partial charge in [-0.1, -0.05) is 48.5 Å². The van der Waals surface area contributed by atoms with Gasteiger partial charge < -0.3 is 5.11 Å². The fourth-order valence-corrected chi connectivity index (χ4v) is 3.23. The van der Waals surface area contributed by atoms with Gasteiger partial charge in [0, 0.05) is 13.1 Å². The second-order valence-electron chi connectivity index (χ2n) is 5.98. The molecule has 0 bridgehead atoms. The number of aliphatic hydroxyl groups excluding tert-OH is 1. The van der Waals surface area contributed by atoms with Crippen molar-refractivity contribution in [2.24, 2.45) is 0 Å². The third-order valence-electron chi connectivity index (χ3n) is 4.41. The van der Waals surface area contributed by atoms with Crippen molar-refractivity contribution in [2.75, 3.05) is 13.1 Å². The van der Waals surface area contributed by atoms with Crippen molar-refractivity contribution in [2.45, 2.75) is 32.4 Å². The summed E-state index contributed by atoms with van der Waals surface area (Å²) in [6.07, 6.45) is 1.90. The van der Waals surface area contributed by atoms with Crippen LogP contribution in [0.2, 0.25) is 0 Å². The van der Waals surface area contributed by atoms with E-state index >= 15 is 0 Å². The van der Waals surface area contributed by atoms with Crippen molar-refractivity contribution in [3.63, 3.8) is 0 Å². The summed E-state index contributed by atoms with van der Waals surface area (Å²) in [6.45, 7) is 4.77. The molecule has 1 unspecified atom stereocenters. The predicted molar refractivity (Wildman–Crippen MR) is 86.2 cm³/mol. The second-order valence-corrected chi connectivity index (χ2v) is 5.98. The van der Waals surface area contributed by atoms with E-state index in [0.717, 1.165) is 31.5 Å². The highest BCUT2D eigenvalue weighted by atomic mass is 16.3. The van der Waals surface area contributed by atoms with Crippen LogP contribution in [0, 0.1) is 6.92 Å². The van der Waals surface area contributed by atoms with Gasteiger partial charge in [-0.05, 0) is 48.6 Å². The number of rotatable bonds is 3. The van der Waals surface area contributed by atoms with E-state index in [1.165, 1.54) is 16.7 Å². The molecule has 0 spiro atoms. The lowest BCUT2D eigenvalue weighted by molar-refractivity contribution is 0.109. The number of fused-ring (bicyclic) bond motifs is 1. The van der Waals surface area contributed by atoms with Gasteiger partial charge in [-0.3, -0.25) is 4.90 Å². The van der Waals surface area contributed by atoms with E-state index in [0.29, 0.717) is 6.54 Å². The van der Waals surface area contributed by atoms with Gasteiger partial charge in [0.1, 0.15) is 0 Å². The number of hydrogen-bond donors (Lipinski definition) is 1. The van der Waals surface area contributed by atoms with Crippen LogP contribution >= 0.6 is 0 Å². The van der Waals surface area contributed by atoms with E-state index in [1.54, 1.807) is 0 Å².